The molecule has 3 N–H and O–H groups in total. The molecule has 0 aliphatic rings. The SMILES string of the molecule is CCNC(=NCC(O)c1ccc(Cl)s1)NCCOc1cccnc1. The van der Waals surface area contributed by atoms with Gasteiger partial charge in [0, 0.05) is 17.6 Å². The van der Waals surface area contributed by atoms with Crippen LogP contribution in [0.2, 0.25) is 4.34 Å². The van der Waals surface area contributed by atoms with Crippen LogP contribution >= 0.6 is 22.9 Å². The fourth-order valence-corrected chi connectivity index (χ4v) is 2.93. The van der Waals surface area contributed by atoms with Crippen molar-refractivity contribution in [3.63, 3.8) is 0 Å². The Labute approximate surface area is 150 Å². The van der Waals surface area contributed by atoms with E-state index in [0.29, 0.717) is 23.4 Å². The molecule has 0 aliphatic heterocycles. The third-order valence-corrected chi connectivity index (χ3v) is 4.32. The monoisotopic (exact) mass is 368 g/mol. The second-order valence-corrected chi connectivity index (χ2v) is 6.59. The summed E-state index contributed by atoms with van der Waals surface area (Å²) in [6, 6.07) is 7.27. The number of rotatable bonds is 8. The maximum Gasteiger partial charge on any atom is 0.191 e. The van der Waals surface area contributed by atoms with Gasteiger partial charge in [0.1, 0.15) is 18.5 Å². The van der Waals surface area contributed by atoms with Gasteiger partial charge in [0.25, 0.3) is 0 Å². The van der Waals surface area contributed by atoms with Crippen molar-refractivity contribution in [3.05, 3.63) is 45.9 Å². The van der Waals surface area contributed by atoms with Crippen LogP contribution in [0.3, 0.4) is 0 Å². The number of hydrogen-bond donors (Lipinski definition) is 3. The third-order valence-electron chi connectivity index (χ3n) is 2.99. The van der Waals surface area contributed by atoms with Crippen molar-refractivity contribution in [2.24, 2.45) is 4.99 Å². The second kappa shape index (κ2) is 10.1. The Balaban J connectivity index is 1.77. The summed E-state index contributed by atoms with van der Waals surface area (Å²) in [6.07, 6.45) is 2.71. The van der Waals surface area contributed by atoms with Gasteiger partial charge in [0.05, 0.1) is 23.6 Å². The first kappa shape index (κ1) is 18.5. The Bertz CT molecular complexity index is 636. The first-order chi connectivity index (χ1) is 11.7. The van der Waals surface area contributed by atoms with E-state index >= 15 is 0 Å². The molecule has 0 aromatic carbocycles. The molecule has 130 valence electrons. The molecule has 2 heterocycles. The summed E-state index contributed by atoms with van der Waals surface area (Å²) < 4.78 is 6.22. The summed E-state index contributed by atoms with van der Waals surface area (Å²) in [5.74, 6) is 1.36. The minimum atomic E-state index is -0.662. The van der Waals surface area contributed by atoms with Crippen LogP contribution in [-0.4, -0.2) is 42.3 Å². The van der Waals surface area contributed by atoms with Gasteiger partial charge in [-0.1, -0.05) is 11.6 Å². The molecule has 0 saturated carbocycles. The van der Waals surface area contributed by atoms with Crippen molar-refractivity contribution in [2.75, 3.05) is 26.2 Å². The highest BCUT2D eigenvalue weighted by atomic mass is 35.5. The van der Waals surface area contributed by atoms with Gasteiger partial charge in [0.2, 0.25) is 0 Å². The highest BCUT2D eigenvalue weighted by Crippen LogP contribution is 2.26. The van der Waals surface area contributed by atoms with Crippen LogP contribution in [-0.2, 0) is 0 Å². The highest BCUT2D eigenvalue weighted by Gasteiger charge is 2.10. The number of ether oxygens (including phenoxy) is 1. The van der Waals surface area contributed by atoms with E-state index in [2.05, 4.69) is 20.6 Å². The van der Waals surface area contributed by atoms with Gasteiger partial charge in [-0.3, -0.25) is 9.98 Å². The van der Waals surface area contributed by atoms with Crippen molar-refractivity contribution in [3.8, 4) is 5.75 Å². The molecule has 0 saturated heterocycles. The third kappa shape index (κ3) is 6.35. The molecule has 8 heteroatoms. The average molecular weight is 369 g/mol. The smallest absolute Gasteiger partial charge is 0.191 e. The first-order valence-corrected chi connectivity index (χ1v) is 8.86. The van der Waals surface area contributed by atoms with Gasteiger partial charge in [0.15, 0.2) is 5.96 Å². The van der Waals surface area contributed by atoms with E-state index in [4.69, 9.17) is 16.3 Å². The number of halogens is 1. The van der Waals surface area contributed by atoms with E-state index in [-0.39, 0.29) is 6.54 Å². The van der Waals surface area contributed by atoms with Crippen LogP contribution in [0.1, 0.15) is 17.9 Å². The van der Waals surface area contributed by atoms with E-state index in [1.807, 2.05) is 25.1 Å². The highest BCUT2D eigenvalue weighted by molar-refractivity contribution is 7.16. The zero-order valence-corrected chi connectivity index (χ0v) is 15.0. The molecule has 0 radical (unpaired) electrons. The van der Waals surface area contributed by atoms with Gasteiger partial charge in [-0.15, -0.1) is 11.3 Å². The van der Waals surface area contributed by atoms with Gasteiger partial charge in [-0.2, -0.15) is 0 Å². The standard InChI is InChI=1S/C16H21ClN4O2S/c1-2-19-16(20-8-9-23-12-4-3-7-18-10-12)21-11-13(22)14-5-6-15(17)24-14/h3-7,10,13,22H,2,8-9,11H2,1H3,(H2,19,20,21). The number of aromatic nitrogens is 1. The zero-order valence-electron chi connectivity index (χ0n) is 13.4. The first-order valence-electron chi connectivity index (χ1n) is 7.67. The largest absolute Gasteiger partial charge is 0.490 e. The Morgan fingerprint density at radius 2 is 2.29 bits per heavy atom. The lowest BCUT2D eigenvalue weighted by molar-refractivity contribution is 0.191. The molecule has 0 spiro atoms. The molecule has 1 atom stereocenters. The Hall–Kier alpha value is -1.83. The average Bonchev–Trinajstić information content (AvgIpc) is 3.03. The fraction of sp³-hybridized carbons (Fsp3) is 0.375. The van der Waals surface area contributed by atoms with Crippen LogP contribution in [0.5, 0.6) is 5.75 Å². The van der Waals surface area contributed by atoms with Crippen molar-refractivity contribution < 1.29 is 9.84 Å². The normalized spacial score (nSPS) is 12.7. The summed E-state index contributed by atoms with van der Waals surface area (Å²) in [5.41, 5.74) is 0. The Kier molecular flexibility index (Phi) is 7.81. The second-order valence-electron chi connectivity index (χ2n) is 4.84. The summed E-state index contributed by atoms with van der Waals surface area (Å²) in [6.45, 7) is 4.05. The molecule has 0 aliphatic carbocycles. The number of aliphatic hydroxyl groups excluding tert-OH is 1. The van der Waals surface area contributed by atoms with Crippen molar-refractivity contribution in [2.45, 2.75) is 13.0 Å². The molecule has 0 amide bonds. The fourth-order valence-electron chi connectivity index (χ4n) is 1.89. The zero-order chi connectivity index (χ0) is 17.2. The predicted molar refractivity (Wildman–Crippen MR) is 98.0 cm³/mol. The number of nitrogens with one attached hydrogen (secondary N) is 2. The van der Waals surface area contributed by atoms with E-state index in [9.17, 15) is 5.11 Å². The molecule has 2 aromatic heterocycles. The quantitative estimate of drug-likeness (QED) is 0.379. The summed E-state index contributed by atoms with van der Waals surface area (Å²) in [7, 11) is 0. The van der Waals surface area contributed by atoms with E-state index in [1.54, 1.807) is 18.5 Å². The van der Waals surface area contributed by atoms with E-state index in [0.717, 1.165) is 17.2 Å². The van der Waals surface area contributed by atoms with Crippen molar-refractivity contribution in [1.29, 1.82) is 0 Å². The molecule has 6 nitrogen and oxygen atoms in total. The lowest BCUT2D eigenvalue weighted by Crippen LogP contribution is -2.39. The van der Waals surface area contributed by atoms with Crippen molar-refractivity contribution in [1.82, 2.24) is 15.6 Å². The van der Waals surface area contributed by atoms with Crippen LogP contribution in [0.4, 0.5) is 0 Å². The van der Waals surface area contributed by atoms with Crippen LogP contribution in [0.25, 0.3) is 0 Å². The molecule has 0 bridgehead atoms. The van der Waals surface area contributed by atoms with Crippen LogP contribution in [0, 0.1) is 0 Å². The maximum absolute atomic E-state index is 10.1. The number of thiophene rings is 1. The topological polar surface area (TPSA) is 78.8 Å². The molecule has 1 unspecified atom stereocenters. The minimum Gasteiger partial charge on any atom is -0.490 e. The van der Waals surface area contributed by atoms with Gasteiger partial charge in [-0.05, 0) is 31.2 Å². The van der Waals surface area contributed by atoms with Gasteiger partial charge < -0.3 is 20.5 Å². The Morgan fingerprint density at radius 1 is 1.42 bits per heavy atom. The molecule has 0 fully saturated rings. The minimum absolute atomic E-state index is 0.260. The molecular weight excluding hydrogens is 348 g/mol. The molecule has 24 heavy (non-hydrogen) atoms. The number of nitrogens with zero attached hydrogens (tertiary/aromatic N) is 2. The number of pyridine rings is 1. The van der Waals surface area contributed by atoms with Crippen LogP contribution in [0.15, 0.2) is 41.7 Å². The lowest BCUT2D eigenvalue weighted by Gasteiger charge is -2.13. The summed E-state index contributed by atoms with van der Waals surface area (Å²) >= 11 is 7.24. The number of aliphatic hydroxyl groups is 1. The van der Waals surface area contributed by atoms with Crippen LogP contribution < -0.4 is 15.4 Å². The summed E-state index contributed by atoms with van der Waals surface area (Å²) in [4.78, 5) is 9.18. The molecular formula is C16H21ClN4O2S. The van der Waals surface area contributed by atoms with Crippen molar-refractivity contribution >= 4 is 28.9 Å². The summed E-state index contributed by atoms with van der Waals surface area (Å²) in [5, 5.41) is 16.4. The molecule has 2 aromatic rings. The number of aliphatic imine (C=N–C) groups is 1. The van der Waals surface area contributed by atoms with Gasteiger partial charge >= 0.3 is 0 Å². The van der Waals surface area contributed by atoms with E-state index < -0.39 is 6.10 Å². The maximum atomic E-state index is 10.1. The number of guanidine groups is 1. The molecule has 2 rings (SSSR count). The predicted octanol–water partition coefficient (Wildman–Crippen LogP) is 2.46. The Morgan fingerprint density at radius 3 is 2.96 bits per heavy atom. The van der Waals surface area contributed by atoms with E-state index in [1.165, 1.54) is 11.3 Å². The van der Waals surface area contributed by atoms with Gasteiger partial charge in [-0.25, -0.2) is 0 Å². The number of hydrogen-bond acceptors (Lipinski definition) is 5. The lowest BCUT2D eigenvalue weighted by atomic mass is 10.3.